The molecule has 0 saturated heterocycles. The lowest BCUT2D eigenvalue weighted by Crippen LogP contribution is -2.18. The summed E-state index contributed by atoms with van der Waals surface area (Å²) in [6.07, 6.45) is 2.81. The Morgan fingerprint density at radius 1 is 1.04 bits per heavy atom. The zero-order valence-electron chi connectivity index (χ0n) is 14.0. The van der Waals surface area contributed by atoms with Crippen LogP contribution in [0.5, 0.6) is 0 Å². The highest BCUT2D eigenvalue weighted by Crippen LogP contribution is 2.23. The highest BCUT2D eigenvalue weighted by Gasteiger charge is 2.17. The van der Waals surface area contributed by atoms with Crippen LogP contribution in [0, 0.1) is 0 Å². The average molecular weight is 319 g/mol. The Hall–Kier alpha value is -2.88. The van der Waals surface area contributed by atoms with E-state index < -0.39 is 0 Å². The van der Waals surface area contributed by atoms with Gasteiger partial charge in [-0.05, 0) is 17.5 Å². The van der Waals surface area contributed by atoms with Gasteiger partial charge in [-0.25, -0.2) is 0 Å². The molecule has 0 saturated carbocycles. The smallest absolute Gasteiger partial charge is 0.254 e. The van der Waals surface area contributed by atoms with E-state index in [0.717, 1.165) is 17.5 Å². The largest absolute Gasteiger partial charge is 0.355 e. The van der Waals surface area contributed by atoms with Crippen molar-refractivity contribution < 1.29 is 4.79 Å². The van der Waals surface area contributed by atoms with Gasteiger partial charge in [-0.3, -0.25) is 9.48 Å². The van der Waals surface area contributed by atoms with Gasteiger partial charge in [0.25, 0.3) is 5.91 Å². The molecule has 1 heterocycles. The predicted molar refractivity (Wildman–Crippen MR) is 96.0 cm³/mol. The van der Waals surface area contributed by atoms with Gasteiger partial charge in [0.05, 0.1) is 12.1 Å². The molecule has 3 rings (SSSR count). The highest BCUT2D eigenvalue weighted by molar-refractivity contribution is 5.99. The van der Waals surface area contributed by atoms with Gasteiger partial charge in [-0.1, -0.05) is 61.5 Å². The minimum absolute atomic E-state index is 0.121. The molecule has 0 fully saturated rings. The number of benzene rings is 2. The van der Waals surface area contributed by atoms with Crippen LogP contribution in [0.4, 0.5) is 0 Å². The SMILES string of the molecule is CCc1ccc(-c2nn(Cc3ccccc3)cc2C(=O)NC)cc1. The second-order valence-corrected chi connectivity index (χ2v) is 5.70. The van der Waals surface area contributed by atoms with Gasteiger partial charge in [0.15, 0.2) is 0 Å². The predicted octanol–water partition coefficient (Wildman–Crippen LogP) is 3.52. The molecule has 2 aromatic carbocycles. The Morgan fingerprint density at radius 2 is 1.75 bits per heavy atom. The van der Waals surface area contributed by atoms with Crippen LogP contribution in [0.25, 0.3) is 11.3 Å². The minimum atomic E-state index is -0.121. The molecule has 0 aliphatic rings. The van der Waals surface area contributed by atoms with Crippen LogP contribution < -0.4 is 5.32 Å². The Labute approximate surface area is 142 Å². The van der Waals surface area contributed by atoms with E-state index in [-0.39, 0.29) is 5.91 Å². The number of rotatable bonds is 5. The number of amides is 1. The van der Waals surface area contributed by atoms with E-state index >= 15 is 0 Å². The van der Waals surface area contributed by atoms with Crippen LogP contribution in [-0.2, 0) is 13.0 Å². The number of hydrogen-bond donors (Lipinski definition) is 1. The molecule has 0 atom stereocenters. The zero-order valence-corrected chi connectivity index (χ0v) is 14.0. The minimum Gasteiger partial charge on any atom is -0.355 e. The van der Waals surface area contributed by atoms with Gasteiger partial charge >= 0.3 is 0 Å². The lowest BCUT2D eigenvalue weighted by atomic mass is 10.0. The summed E-state index contributed by atoms with van der Waals surface area (Å²) in [6, 6.07) is 18.3. The second kappa shape index (κ2) is 7.13. The van der Waals surface area contributed by atoms with Crippen molar-refractivity contribution in [2.45, 2.75) is 19.9 Å². The quantitative estimate of drug-likeness (QED) is 0.782. The van der Waals surface area contributed by atoms with Crippen molar-refractivity contribution >= 4 is 5.91 Å². The normalized spacial score (nSPS) is 10.6. The van der Waals surface area contributed by atoms with Gasteiger partial charge in [-0.2, -0.15) is 5.10 Å². The van der Waals surface area contributed by atoms with Gasteiger partial charge in [-0.15, -0.1) is 0 Å². The van der Waals surface area contributed by atoms with E-state index in [1.807, 2.05) is 41.2 Å². The van der Waals surface area contributed by atoms with Crippen molar-refractivity contribution in [1.82, 2.24) is 15.1 Å². The number of hydrogen-bond acceptors (Lipinski definition) is 2. The molecule has 0 spiro atoms. The van der Waals surface area contributed by atoms with Crippen molar-refractivity contribution in [2.24, 2.45) is 0 Å². The van der Waals surface area contributed by atoms with Crippen LogP contribution in [-0.4, -0.2) is 22.7 Å². The van der Waals surface area contributed by atoms with Gasteiger partial charge < -0.3 is 5.32 Å². The summed E-state index contributed by atoms with van der Waals surface area (Å²) in [5.74, 6) is -0.121. The summed E-state index contributed by atoms with van der Waals surface area (Å²) in [7, 11) is 1.64. The second-order valence-electron chi connectivity index (χ2n) is 5.70. The Morgan fingerprint density at radius 3 is 2.38 bits per heavy atom. The molecule has 1 amide bonds. The summed E-state index contributed by atoms with van der Waals surface area (Å²) in [5, 5.41) is 7.35. The molecule has 0 unspecified atom stereocenters. The maximum atomic E-state index is 12.2. The molecule has 0 aliphatic carbocycles. The Bertz CT molecular complexity index is 820. The summed E-state index contributed by atoms with van der Waals surface area (Å²) in [4.78, 5) is 12.2. The first-order valence-electron chi connectivity index (χ1n) is 8.14. The fourth-order valence-corrected chi connectivity index (χ4v) is 2.69. The Balaban J connectivity index is 1.98. The Kier molecular flexibility index (Phi) is 4.75. The monoisotopic (exact) mass is 319 g/mol. The molecule has 1 aromatic heterocycles. The molecule has 4 heteroatoms. The number of carbonyl (C=O) groups excluding carboxylic acids is 1. The first-order valence-corrected chi connectivity index (χ1v) is 8.14. The summed E-state index contributed by atoms with van der Waals surface area (Å²) in [6.45, 7) is 2.76. The number of nitrogens with one attached hydrogen (secondary N) is 1. The molecular weight excluding hydrogens is 298 g/mol. The molecule has 24 heavy (non-hydrogen) atoms. The third kappa shape index (κ3) is 3.38. The van der Waals surface area contributed by atoms with Gasteiger partial charge in [0, 0.05) is 18.8 Å². The van der Waals surface area contributed by atoms with E-state index in [9.17, 15) is 4.79 Å². The van der Waals surface area contributed by atoms with Crippen molar-refractivity contribution in [3.05, 3.63) is 77.5 Å². The summed E-state index contributed by atoms with van der Waals surface area (Å²) >= 11 is 0. The molecule has 0 radical (unpaired) electrons. The van der Waals surface area contributed by atoms with E-state index in [1.165, 1.54) is 5.56 Å². The number of carbonyl (C=O) groups is 1. The third-order valence-electron chi connectivity index (χ3n) is 4.06. The number of aryl methyl sites for hydroxylation is 1. The van der Waals surface area contributed by atoms with Crippen molar-refractivity contribution in [3.63, 3.8) is 0 Å². The number of nitrogens with zero attached hydrogens (tertiary/aromatic N) is 2. The van der Waals surface area contributed by atoms with Crippen LogP contribution in [0.1, 0.15) is 28.4 Å². The fraction of sp³-hybridized carbons (Fsp3) is 0.200. The van der Waals surface area contributed by atoms with Crippen molar-refractivity contribution in [3.8, 4) is 11.3 Å². The van der Waals surface area contributed by atoms with Crippen LogP contribution in [0.3, 0.4) is 0 Å². The highest BCUT2D eigenvalue weighted by atomic mass is 16.1. The molecule has 1 N–H and O–H groups in total. The fourth-order valence-electron chi connectivity index (χ4n) is 2.69. The average Bonchev–Trinajstić information content (AvgIpc) is 3.05. The van der Waals surface area contributed by atoms with Gasteiger partial charge in [0.1, 0.15) is 5.69 Å². The molecule has 0 bridgehead atoms. The molecular formula is C20H21N3O. The van der Waals surface area contributed by atoms with E-state index in [2.05, 4.69) is 41.6 Å². The van der Waals surface area contributed by atoms with Crippen LogP contribution in [0.2, 0.25) is 0 Å². The zero-order chi connectivity index (χ0) is 16.9. The van der Waals surface area contributed by atoms with Gasteiger partial charge in [0.2, 0.25) is 0 Å². The lowest BCUT2D eigenvalue weighted by Gasteiger charge is -2.03. The topological polar surface area (TPSA) is 46.9 Å². The van der Waals surface area contributed by atoms with E-state index in [1.54, 1.807) is 7.05 Å². The summed E-state index contributed by atoms with van der Waals surface area (Å²) in [5.41, 5.74) is 4.68. The molecule has 4 nitrogen and oxygen atoms in total. The first kappa shape index (κ1) is 16.0. The maximum absolute atomic E-state index is 12.2. The van der Waals surface area contributed by atoms with Crippen LogP contribution in [0.15, 0.2) is 60.8 Å². The van der Waals surface area contributed by atoms with Crippen molar-refractivity contribution in [2.75, 3.05) is 7.05 Å². The first-order chi connectivity index (χ1) is 11.7. The third-order valence-corrected chi connectivity index (χ3v) is 4.06. The number of aromatic nitrogens is 2. The molecule has 0 aliphatic heterocycles. The van der Waals surface area contributed by atoms with E-state index in [4.69, 9.17) is 0 Å². The maximum Gasteiger partial charge on any atom is 0.254 e. The summed E-state index contributed by atoms with van der Waals surface area (Å²) < 4.78 is 1.82. The molecule has 3 aromatic rings. The standard InChI is InChI=1S/C20H21N3O/c1-3-15-9-11-17(12-10-15)19-18(20(24)21-2)14-23(22-19)13-16-7-5-4-6-8-16/h4-12,14H,3,13H2,1-2H3,(H,21,24). The van der Waals surface area contributed by atoms with Crippen LogP contribution >= 0.6 is 0 Å². The lowest BCUT2D eigenvalue weighted by molar-refractivity contribution is 0.0963. The molecule has 122 valence electrons. The van der Waals surface area contributed by atoms with E-state index in [0.29, 0.717) is 17.8 Å². The van der Waals surface area contributed by atoms with Crippen molar-refractivity contribution in [1.29, 1.82) is 0 Å².